The van der Waals surface area contributed by atoms with Crippen LogP contribution in [0.5, 0.6) is 0 Å². The number of nitrogens with one attached hydrogen (secondary N) is 2. The summed E-state index contributed by atoms with van der Waals surface area (Å²) in [7, 11) is 1.54. The smallest absolute Gasteiger partial charge is 0.259 e. The van der Waals surface area contributed by atoms with Crippen LogP contribution in [-0.2, 0) is 0 Å². The first-order valence-corrected chi connectivity index (χ1v) is 5.98. The Balaban J connectivity index is 2.32. The van der Waals surface area contributed by atoms with Crippen molar-refractivity contribution in [2.24, 2.45) is 0 Å². The number of pyridine rings is 1. The van der Waals surface area contributed by atoms with Crippen molar-refractivity contribution in [3.63, 3.8) is 0 Å². The maximum atomic E-state index is 13.5. The maximum absolute atomic E-state index is 13.5. The van der Waals surface area contributed by atoms with Crippen LogP contribution in [0.2, 0.25) is 5.02 Å². The number of hydrogen-bond acceptors (Lipinski definition) is 3. The van der Waals surface area contributed by atoms with Gasteiger partial charge in [-0.15, -0.1) is 0 Å². The fourth-order valence-corrected chi connectivity index (χ4v) is 1.77. The van der Waals surface area contributed by atoms with E-state index in [9.17, 15) is 13.6 Å². The van der Waals surface area contributed by atoms with E-state index in [0.717, 1.165) is 18.3 Å². The Morgan fingerprint density at radius 3 is 2.75 bits per heavy atom. The third kappa shape index (κ3) is 3.03. The number of rotatable bonds is 3. The SMILES string of the molecule is CNc1ncc(F)cc1C(=O)Nc1cc(Cl)ccc1F. The van der Waals surface area contributed by atoms with E-state index in [1.165, 1.54) is 19.2 Å². The summed E-state index contributed by atoms with van der Waals surface area (Å²) >= 11 is 5.73. The number of hydrogen-bond donors (Lipinski definition) is 2. The Morgan fingerprint density at radius 2 is 2.05 bits per heavy atom. The van der Waals surface area contributed by atoms with E-state index in [1.807, 2.05) is 0 Å². The van der Waals surface area contributed by atoms with Gasteiger partial charge in [0, 0.05) is 12.1 Å². The zero-order valence-electron chi connectivity index (χ0n) is 10.4. The highest BCUT2D eigenvalue weighted by Gasteiger charge is 2.15. The molecule has 4 nitrogen and oxygen atoms in total. The van der Waals surface area contributed by atoms with E-state index >= 15 is 0 Å². The Hall–Kier alpha value is -2.21. The van der Waals surface area contributed by atoms with Crippen molar-refractivity contribution in [2.75, 3.05) is 17.7 Å². The van der Waals surface area contributed by atoms with Gasteiger partial charge in [-0.25, -0.2) is 13.8 Å². The quantitative estimate of drug-likeness (QED) is 0.914. The predicted molar refractivity (Wildman–Crippen MR) is 73.1 cm³/mol. The van der Waals surface area contributed by atoms with Gasteiger partial charge in [0.15, 0.2) is 0 Å². The Morgan fingerprint density at radius 1 is 1.30 bits per heavy atom. The van der Waals surface area contributed by atoms with Crippen LogP contribution in [0.15, 0.2) is 30.5 Å². The number of benzene rings is 1. The number of carbonyl (C=O) groups is 1. The second-order valence-corrected chi connectivity index (χ2v) is 4.31. The molecule has 0 saturated carbocycles. The summed E-state index contributed by atoms with van der Waals surface area (Å²) in [5, 5.41) is 5.25. The van der Waals surface area contributed by atoms with Crippen LogP contribution in [0, 0.1) is 11.6 Å². The summed E-state index contributed by atoms with van der Waals surface area (Å²) in [6, 6.07) is 4.76. The lowest BCUT2D eigenvalue weighted by atomic mass is 10.2. The van der Waals surface area contributed by atoms with E-state index in [4.69, 9.17) is 11.6 Å². The molecule has 0 radical (unpaired) electrons. The zero-order valence-corrected chi connectivity index (χ0v) is 11.1. The average Bonchev–Trinajstić information content (AvgIpc) is 2.42. The summed E-state index contributed by atoms with van der Waals surface area (Å²) in [6.07, 6.45) is 0.975. The van der Waals surface area contributed by atoms with Gasteiger partial charge in [0.1, 0.15) is 17.5 Å². The Labute approximate surface area is 118 Å². The third-order valence-corrected chi connectivity index (χ3v) is 2.75. The Bertz CT molecular complexity index is 664. The second kappa shape index (κ2) is 5.83. The fourth-order valence-electron chi connectivity index (χ4n) is 1.59. The molecular weight excluding hydrogens is 288 g/mol. The topological polar surface area (TPSA) is 54.0 Å². The van der Waals surface area contributed by atoms with Gasteiger partial charge in [-0.3, -0.25) is 4.79 Å². The van der Waals surface area contributed by atoms with Gasteiger partial charge < -0.3 is 10.6 Å². The molecule has 1 heterocycles. The highest BCUT2D eigenvalue weighted by atomic mass is 35.5. The van der Waals surface area contributed by atoms with Crippen LogP contribution in [0.4, 0.5) is 20.3 Å². The number of aromatic nitrogens is 1. The van der Waals surface area contributed by atoms with Gasteiger partial charge in [-0.05, 0) is 24.3 Å². The molecule has 2 N–H and O–H groups in total. The predicted octanol–water partition coefficient (Wildman–Crippen LogP) is 3.31. The van der Waals surface area contributed by atoms with Gasteiger partial charge in [-0.2, -0.15) is 0 Å². The number of carbonyl (C=O) groups excluding carboxylic acids is 1. The van der Waals surface area contributed by atoms with Gasteiger partial charge in [-0.1, -0.05) is 11.6 Å². The van der Waals surface area contributed by atoms with Crippen LogP contribution >= 0.6 is 11.6 Å². The Kier molecular flexibility index (Phi) is 4.14. The van der Waals surface area contributed by atoms with Crippen molar-refractivity contribution in [1.29, 1.82) is 0 Å². The molecule has 0 aliphatic heterocycles. The number of nitrogens with zero attached hydrogens (tertiary/aromatic N) is 1. The fraction of sp³-hybridized carbons (Fsp3) is 0.0769. The zero-order chi connectivity index (χ0) is 14.7. The summed E-state index contributed by atoms with van der Waals surface area (Å²) in [5.41, 5.74) is -0.124. The van der Waals surface area contributed by atoms with Gasteiger partial charge in [0.2, 0.25) is 0 Å². The molecule has 1 aromatic carbocycles. The summed E-state index contributed by atoms with van der Waals surface area (Å²) in [5.74, 6) is -1.81. The van der Waals surface area contributed by atoms with Gasteiger partial charge >= 0.3 is 0 Å². The number of halogens is 3. The molecule has 0 fully saturated rings. The van der Waals surface area contributed by atoms with E-state index in [-0.39, 0.29) is 22.1 Å². The van der Waals surface area contributed by atoms with Crippen molar-refractivity contribution < 1.29 is 13.6 Å². The molecule has 20 heavy (non-hydrogen) atoms. The molecule has 2 aromatic rings. The molecule has 104 valence electrons. The third-order valence-electron chi connectivity index (χ3n) is 2.51. The molecule has 0 bridgehead atoms. The number of anilines is 2. The largest absolute Gasteiger partial charge is 0.372 e. The molecule has 7 heteroatoms. The van der Waals surface area contributed by atoms with Crippen LogP contribution < -0.4 is 10.6 Å². The molecule has 1 aromatic heterocycles. The van der Waals surface area contributed by atoms with Crippen LogP contribution in [0.3, 0.4) is 0 Å². The van der Waals surface area contributed by atoms with Crippen LogP contribution in [0.25, 0.3) is 0 Å². The molecule has 0 saturated heterocycles. The van der Waals surface area contributed by atoms with Crippen molar-refractivity contribution >= 4 is 29.0 Å². The van der Waals surface area contributed by atoms with E-state index < -0.39 is 17.5 Å². The standard InChI is InChI=1S/C13H10ClF2N3O/c1-17-12-9(5-8(15)6-18-12)13(20)19-11-4-7(14)2-3-10(11)16/h2-6H,1H3,(H,17,18)(H,19,20). The van der Waals surface area contributed by atoms with Crippen molar-refractivity contribution in [3.8, 4) is 0 Å². The highest BCUT2D eigenvalue weighted by Crippen LogP contribution is 2.21. The molecule has 0 aliphatic carbocycles. The maximum Gasteiger partial charge on any atom is 0.259 e. The molecular formula is C13H10ClF2N3O. The minimum atomic E-state index is -0.692. The lowest BCUT2D eigenvalue weighted by Crippen LogP contribution is -2.16. The molecule has 2 rings (SSSR count). The van der Waals surface area contributed by atoms with Crippen molar-refractivity contribution in [2.45, 2.75) is 0 Å². The molecule has 0 aliphatic rings. The van der Waals surface area contributed by atoms with Gasteiger partial charge in [0.05, 0.1) is 17.4 Å². The summed E-state index contributed by atoms with van der Waals surface area (Å²) in [6.45, 7) is 0. The monoisotopic (exact) mass is 297 g/mol. The lowest BCUT2D eigenvalue weighted by molar-refractivity contribution is 0.102. The highest BCUT2D eigenvalue weighted by molar-refractivity contribution is 6.31. The first kappa shape index (κ1) is 14.2. The minimum Gasteiger partial charge on any atom is -0.372 e. The van der Waals surface area contributed by atoms with Gasteiger partial charge in [0.25, 0.3) is 5.91 Å². The molecule has 1 amide bonds. The second-order valence-electron chi connectivity index (χ2n) is 3.88. The molecule has 0 spiro atoms. The van der Waals surface area contributed by atoms with E-state index in [1.54, 1.807) is 0 Å². The average molecular weight is 298 g/mol. The first-order valence-electron chi connectivity index (χ1n) is 5.61. The van der Waals surface area contributed by atoms with Crippen LogP contribution in [-0.4, -0.2) is 17.9 Å². The number of amides is 1. The van der Waals surface area contributed by atoms with E-state index in [0.29, 0.717) is 0 Å². The molecule has 0 unspecified atom stereocenters. The lowest BCUT2D eigenvalue weighted by Gasteiger charge is -2.10. The summed E-state index contributed by atoms with van der Waals surface area (Å²) in [4.78, 5) is 15.8. The molecule has 0 atom stereocenters. The normalized spacial score (nSPS) is 10.2. The summed E-state index contributed by atoms with van der Waals surface area (Å²) < 4.78 is 26.7. The first-order chi connectivity index (χ1) is 9.51. The van der Waals surface area contributed by atoms with Crippen molar-refractivity contribution in [3.05, 3.63) is 52.7 Å². The van der Waals surface area contributed by atoms with E-state index in [2.05, 4.69) is 15.6 Å². The van der Waals surface area contributed by atoms with Crippen LogP contribution in [0.1, 0.15) is 10.4 Å². The van der Waals surface area contributed by atoms with Crippen molar-refractivity contribution in [1.82, 2.24) is 4.98 Å². The minimum absolute atomic E-state index is 0.0353.